The smallest absolute Gasteiger partial charge is 0.230 e. The van der Waals surface area contributed by atoms with Crippen molar-refractivity contribution in [2.24, 2.45) is 0 Å². The molecule has 0 atom stereocenters. The summed E-state index contributed by atoms with van der Waals surface area (Å²) >= 11 is 2.80. The molecule has 1 aromatic carbocycles. The van der Waals surface area contributed by atoms with Gasteiger partial charge in [-0.3, -0.25) is 4.79 Å². The van der Waals surface area contributed by atoms with Crippen LogP contribution in [0.5, 0.6) is 5.75 Å². The summed E-state index contributed by atoms with van der Waals surface area (Å²) in [6.45, 7) is 5.87. The van der Waals surface area contributed by atoms with Gasteiger partial charge in [0.2, 0.25) is 11.0 Å². The number of nitrogens with one attached hydrogen (secondary N) is 2. The quantitative estimate of drug-likeness (QED) is 0.777. The topological polar surface area (TPSA) is 76.1 Å². The molecule has 1 aromatic heterocycles. The summed E-state index contributed by atoms with van der Waals surface area (Å²) in [4.78, 5) is 11.8. The molecule has 23 heavy (non-hydrogen) atoms. The molecule has 0 unspecified atom stereocenters. The second kappa shape index (κ2) is 7.65. The molecule has 0 aliphatic rings. The van der Waals surface area contributed by atoms with E-state index in [1.165, 1.54) is 23.1 Å². The lowest BCUT2D eigenvalue weighted by molar-refractivity contribution is -0.119. The van der Waals surface area contributed by atoms with E-state index in [0.29, 0.717) is 10.9 Å². The first-order valence-corrected chi connectivity index (χ1v) is 8.84. The second-order valence-electron chi connectivity index (χ2n) is 5.81. The zero-order valence-electron chi connectivity index (χ0n) is 13.5. The fourth-order valence-corrected chi connectivity index (χ4v) is 3.27. The molecule has 0 saturated carbocycles. The van der Waals surface area contributed by atoms with E-state index in [9.17, 15) is 4.79 Å². The third-order valence-corrected chi connectivity index (χ3v) is 4.56. The largest absolute Gasteiger partial charge is 0.497 e. The third kappa shape index (κ3) is 6.07. The highest BCUT2D eigenvalue weighted by molar-refractivity contribution is 8.01. The van der Waals surface area contributed by atoms with Crippen molar-refractivity contribution in [1.82, 2.24) is 15.5 Å². The van der Waals surface area contributed by atoms with Crippen molar-refractivity contribution < 1.29 is 9.53 Å². The Morgan fingerprint density at radius 2 is 1.96 bits per heavy atom. The molecular weight excluding hydrogens is 332 g/mol. The van der Waals surface area contributed by atoms with Gasteiger partial charge >= 0.3 is 0 Å². The summed E-state index contributed by atoms with van der Waals surface area (Å²) in [5.41, 5.74) is 0.684. The lowest BCUT2D eigenvalue weighted by Crippen LogP contribution is -2.41. The number of aromatic nitrogens is 2. The van der Waals surface area contributed by atoms with Crippen molar-refractivity contribution in [3.05, 3.63) is 24.3 Å². The van der Waals surface area contributed by atoms with Gasteiger partial charge in [0.05, 0.1) is 12.9 Å². The van der Waals surface area contributed by atoms with Gasteiger partial charge in [0.25, 0.3) is 0 Å². The Morgan fingerprint density at radius 1 is 1.26 bits per heavy atom. The average molecular weight is 352 g/mol. The number of ether oxygens (including phenoxy) is 1. The normalized spacial score (nSPS) is 11.1. The van der Waals surface area contributed by atoms with Gasteiger partial charge in [-0.2, -0.15) is 0 Å². The highest BCUT2D eigenvalue weighted by atomic mass is 32.2. The molecule has 0 bridgehead atoms. The minimum atomic E-state index is -0.222. The number of hydrogen-bond acceptors (Lipinski definition) is 7. The van der Waals surface area contributed by atoms with E-state index in [1.807, 2.05) is 45.0 Å². The van der Waals surface area contributed by atoms with Crippen LogP contribution in [0.1, 0.15) is 20.8 Å². The second-order valence-corrected chi connectivity index (χ2v) is 8.01. The molecule has 1 heterocycles. The zero-order valence-corrected chi connectivity index (χ0v) is 15.2. The molecule has 0 radical (unpaired) electrons. The van der Waals surface area contributed by atoms with E-state index in [2.05, 4.69) is 20.8 Å². The van der Waals surface area contributed by atoms with Crippen molar-refractivity contribution in [3.8, 4) is 5.75 Å². The number of anilines is 2. The van der Waals surface area contributed by atoms with E-state index >= 15 is 0 Å². The molecule has 6 nitrogen and oxygen atoms in total. The summed E-state index contributed by atoms with van der Waals surface area (Å²) in [5, 5.41) is 14.9. The van der Waals surface area contributed by atoms with E-state index in [0.717, 1.165) is 15.8 Å². The number of benzene rings is 1. The molecule has 0 aliphatic carbocycles. The van der Waals surface area contributed by atoms with Gasteiger partial charge in [0, 0.05) is 11.2 Å². The average Bonchev–Trinajstić information content (AvgIpc) is 2.92. The molecule has 0 aliphatic heterocycles. The van der Waals surface area contributed by atoms with Crippen LogP contribution in [0.25, 0.3) is 0 Å². The maximum absolute atomic E-state index is 11.8. The number of rotatable bonds is 6. The number of hydrogen-bond donors (Lipinski definition) is 2. The molecule has 1 amide bonds. The van der Waals surface area contributed by atoms with Crippen LogP contribution in [-0.4, -0.2) is 34.5 Å². The van der Waals surface area contributed by atoms with E-state index in [-0.39, 0.29) is 11.4 Å². The molecule has 8 heteroatoms. The van der Waals surface area contributed by atoms with Gasteiger partial charge in [-0.15, -0.1) is 10.2 Å². The molecule has 0 fully saturated rings. The molecule has 2 rings (SSSR count). The lowest BCUT2D eigenvalue weighted by atomic mass is 10.1. The third-order valence-electron chi connectivity index (χ3n) is 2.59. The van der Waals surface area contributed by atoms with Gasteiger partial charge in [0.15, 0.2) is 4.34 Å². The minimum Gasteiger partial charge on any atom is -0.497 e. The van der Waals surface area contributed by atoms with Crippen LogP contribution in [-0.2, 0) is 4.79 Å². The maximum atomic E-state index is 11.8. The number of nitrogens with zero attached hydrogens (tertiary/aromatic N) is 2. The zero-order chi connectivity index (χ0) is 16.9. The standard InChI is InChI=1S/C15H20N4O2S2/c1-15(2,3)17-12(20)9-22-14-19-18-13(23-14)16-10-5-7-11(21-4)8-6-10/h5-8H,9H2,1-4H3,(H,16,18)(H,17,20). The van der Waals surface area contributed by atoms with Crippen LogP contribution in [0.3, 0.4) is 0 Å². The van der Waals surface area contributed by atoms with Gasteiger partial charge in [0.1, 0.15) is 5.75 Å². The molecule has 124 valence electrons. The highest BCUT2D eigenvalue weighted by Gasteiger charge is 2.14. The van der Waals surface area contributed by atoms with Crippen LogP contribution in [0, 0.1) is 0 Å². The summed E-state index contributed by atoms with van der Waals surface area (Å²) in [6.07, 6.45) is 0. The predicted molar refractivity (Wildman–Crippen MR) is 94.8 cm³/mol. The van der Waals surface area contributed by atoms with Crippen molar-refractivity contribution >= 4 is 39.8 Å². The Kier molecular flexibility index (Phi) is 5.84. The first kappa shape index (κ1) is 17.6. The molecule has 0 spiro atoms. The van der Waals surface area contributed by atoms with Crippen LogP contribution < -0.4 is 15.4 Å². The van der Waals surface area contributed by atoms with Crippen LogP contribution in [0.2, 0.25) is 0 Å². The monoisotopic (exact) mass is 352 g/mol. The van der Waals surface area contributed by atoms with Crippen molar-refractivity contribution in [1.29, 1.82) is 0 Å². The maximum Gasteiger partial charge on any atom is 0.230 e. The minimum absolute atomic E-state index is 0.0117. The van der Waals surface area contributed by atoms with Crippen LogP contribution in [0.4, 0.5) is 10.8 Å². The molecular formula is C15H20N4O2S2. The van der Waals surface area contributed by atoms with Crippen molar-refractivity contribution in [2.75, 3.05) is 18.2 Å². The van der Waals surface area contributed by atoms with Crippen LogP contribution in [0.15, 0.2) is 28.6 Å². The van der Waals surface area contributed by atoms with Gasteiger partial charge in [-0.05, 0) is 45.0 Å². The van der Waals surface area contributed by atoms with Gasteiger partial charge in [-0.1, -0.05) is 23.1 Å². The predicted octanol–water partition coefficient (Wildman–Crippen LogP) is 3.30. The van der Waals surface area contributed by atoms with E-state index in [4.69, 9.17) is 4.74 Å². The van der Waals surface area contributed by atoms with Gasteiger partial charge < -0.3 is 15.4 Å². The number of amides is 1. The summed E-state index contributed by atoms with van der Waals surface area (Å²) in [5.74, 6) is 1.12. The number of thioether (sulfide) groups is 1. The Balaban J connectivity index is 1.86. The first-order chi connectivity index (χ1) is 10.9. The van der Waals surface area contributed by atoms with E-state index < -0.39 is 0 Å². The fourth-order valence-electron chi connectivity index (χ4n) is 1.70. The Labute approximate surface area is 144 Å². The van der Waals surface area contributed by atoms with Crippen molar-refractivity contribution in [3.63, 3.8) is 0 Å². The highest BCUT2D eigenvalue weighted by Crippen LogP contribution is 2.28. The molecule has 2 N–H and O–H groups in total. The Morgan fingerprint density at radius 3 is 2.57 bits per heavy atom. The summed E-state index contributed by atoms with van der Waals surface area (Å²) < 4.78 is 5.87. The molecule has 2 aromatic rings. The lowest BCUT2D eigenvalue weighted by Gasteiger charge is -2.19. The number of carbonyl (C=O) groups excluding carboxylic acids is 1. The SMILES string of the molecule is COc1ccc(Nc2nnc(SCC(=O)NC(C)(C)C)s2)cc1. The van der Waals surface area contributed by atoms with E-state index in [1.54, 1.807) is 7.11 Å². The van der Waals surface area contributed by atoms with Gasteiger partial charge in [-0.25, -0.2) is 0 Å². The van der Waals surface area contributed by atoms with Crippen molar-refractivity contribution in [2.45, 2.75) is 30.6 Å². The Bertz CT molecular complexity index is 650. The molecule has 0 saturated heterocycles. The Hall–Kier alpha value is -1.80. The number of methoxy groups -OCH3 is 1. The summed E-state index contributed by atoms with van der Waals surface area (Å²) in [7, 11) is 1.63. The first-order valence-electron chi connectivity index (χ1n) is 7.04. The summed E-state index contributed by atoms with van der Waals surface area (Å²) in [6, 6.07) is 7.55. The van der Waals surface area contributed by atoms with Crippen LogP contribution >= 0.6 is 23.1 Å². The number of carbonyl (C=O) groups is 1. The fraction of sp³-hybridized carbons (Fsp3) is 0.400.